The zero-order valence-electron chi connectivity index (χ0n) is 6.83. The van der Waals surface area contributed by atoms with Crippen LogP contribution < -0.4 is 0 Å². The summed E-state index contributed by atoms with van der Waals surface area (Å²) in [7, 11) is 0. The predicted octanol–water partition coefficient (Wildman–Crippen LogP) is 2.09. The minimum absolute atomic E-state index is 0.696. The SMILES string of the molecule is C[CH]/C=C/C=C/C(C)(C)O. The van der Waals surface area contributed by atoms with E-state index in [2.05, 4.69) is 0 Å². The zero-order valence-corrected chi connectivity index (χ0v) is 6.83. The van der Waals surface area contributed by atoms with Crippen LogP contribution >= 0.6 is 0 Å². The summed E-state index contributed by atoms with van der Waals surface area (Å²) in [5.74, 6) is 0. The van der Waals surface area contributed by atoms with Crippen molar-refractivity contribution in [3.05, 3.63) is 30.7 Å². The highest BCUT2D eigenvalue weighted by Gasteiger charge is 2.03. The lowest BCUT2D eigenvalue weighted by Crippen LogP contribution is -2.13. The Morgan fingerprint density at radius 1 is 1.10 bits per heavy atom. The molecule has 1 radical (unpaired) electrons. The van der Waals surface area contributed by atoms with E-state index in [9.17, 15) is 5.11 Å². The molecule has 0 saturated heterocycles. The van der Waals surface area contributed by atoms with E-state index in [1.807, 2.05) is 31.6 Å². The Bertz CT molecular complexity index is 126. The molecule has 0 unspecified atom stereocenters. The summed E-state index contributed by atoms with van der Waals surface area (Å²) in [4.78, 5) is 0. The van der Waals surface area contributed by atoms with Gasteiger partial charge in [0.05, 0.1) is 5.60 Å². The smallest absolute Gasteiger partial charge is 0.0774 e. The van der Waals surface area contributed by atoms with Crippen molar-refractivity contribution in [3.8, 4) is 0 Å². The molecule has 57 valence electrons. The maximum absolute atomic E-state index is 9.19. The van der Waals surface area contributed by atoms with E-state index in [0.717, 1.165) is 0 Å². The molecule has 0 fully saturated rings. The summed E-state index contributed by atoms with van der Waals surface area (Å²) in [6, 6.07) is 0. The van der Waals surface area contributed by atoms with Crippen molar-refractivity contribution in [2.75, 3.05) is 0 Å². The lowest BCUT2D eigenvalue weighted by atomic mass is 10.1. The van der Waals surface area contributed by atoms with Crippen molar-refractivity contribution in [2.24, 2.45) is 0 Å². The fourth-order valence-corrected chi connectivity index (χ4v) is 0.466. The minimum atomic E-state index is -0.696. The van der Waals surface area contributed by atoms with Crippen LogP contribution in [0.15, 0.2) is 24.3 Å². The van der Waals surface area contributed by atoms with Crippen LogP contribution in [0.1, 0.15) is 20.8 Å². The number of allylic oxidation sites excluding steroid dienone is 3. The van der Waals surface area contributed by atoms with Crippen LogP contribution in [-0.4, -0.2) is 10.7 Å². The summed E-state index contributed by atoms with van der Waals surface area (Å²) in [6.45, 7) is 5.44. The number of aliphatic hydroxyl groups is 1. The molecule has 1 N–H and O–H groups in total. The molecule has 0 rings (SSSR count). The van der Waals surface area contributed by atoms with Crippen molar-refractivity contribution in [2.45, 2.75) is 26.4 Å². The van der Waals surface area contributed by atoms with E-state index in [1.165, 1.54) is 0 Å². The van der Waals surface area contributed by atoms with Crippen LogP contribution in [0, 0.1) is 6.42 Å². The first-order valence-electron chi connectivity index (χ1n) is 3.42. The molecule has 10 heavy (non-hydrogen) atoms. The van der Waals surface area contributed by atoms with Gasteiger partial charge < -0.3 is 5.11 Å². The van der Waals surface area contributed by atoms with Gasteiger partial charge >= 0.3 is 0 Å². The normalized spacial score (nSPS) is 13.6. The van der Waals surface area contributed by atoms with Crippen molar-refractivity contribution in [3.63, 3.8) is 0 Å². The Kier molecular flexibility index (Phi) is 4.05. The Labute approximate surface area is 63.1 Å². The van der Waals surface area contributed by atoms with Gasteiger partial charge in [-0.2, -0.15) is 0 Å². The molecule has 0 aliphatic carbocycles. The predicted molar refractivity (Wildman–Crippen MR) is 44.6 cm³/mol. The van der Waals surface area contributed by atoms with Gasteiger partial charge in [-0.1, -0.05) is 31.2 Å². The van der Waals surface area contributed by atoms with Crippen molar-refractivity contribution < 1.29 is 5.11 Å². The molecule has 0 saturated carbocycles. The van der Waals surface area contributed by atoms with E-state index in [-0.39, 0.29) is 0 Å². The molecular formula is C9H15O. The zero-order chi connectivity index (χ0) is 8.04. The van der Waals surface area contributed by atoms with E-state index in [4.69, 9.17) is 0 Å². The van der Waals surface area contributed by atoms with Gasteiger partial charge in [-0.3, -0.25) is 0 Å². The van der Waals surface area contributed by atoms with Crippen LogP contribution in [0.2, 0.25) is 0 Å². The average Bonchev–Trinajstić information content (AvgIpc) is 1.78. The third-order valence-corrected chi connectivity index (χ3v) is 0.919. The van der Waals surface area contributed by atoms with Crippen molar-refractivity contribution in [1.29, 1.82) is 0 Å². The third-order valence-electron chi connectivity index (χ3n) is 0.919. The first kappa shape index (κ1) is 9.44. The Hall–Kier alpha value is -0.560. The third kappa shape index (κ3) is 7.44. The fraction of sp³-hybridized carbons (Fsp3) is 0.444. The van der Waals surface area contributed by atoms with Crippen LogP contribution in [-0.2, 0) is 0 Å². The number of rotatable bonds is 3. The van der Waals surface area contributed by atoms with Crippen LogP contribution in [0.25, 0.3) is 0 Å². The second kappa shape index (κ2) is 4.29. The standard InChI is InChI=1S/C9H15O/c1-4-5-6-7-8-9(2,3)10/h4-8,10H,1-3H3/b6-5+,8-7+. The van der Waals surface area contributed by atoms with Gasteiger partial charge in [-0.25, -0.2) is 0 Å². The van der Waals surface area contributed by atoms with Gasteiger partial charge in [0, 0.05) is 0 Å². The van der Waals surface area contributed by atoms with Gasteiger partial charge in [-0.15, -0.1) is 0 Å². The molecule has 0 spiro atoms. The van der Waals surface area contributed by atoms with E-state index in [0.29, 0.717) is 0 Å². The summed E-state index contributed by atoms with van der Waals surface area (Å²) in [5.41, 5.74) is -0.696. The molecule has 0 aromatic carbocycles. The molecule has 0 aromatic rings. The summed E-state index contributed by atoms with van der Waals surface area (Å²) >= 11 is 0. The second-order valence-electron chi connectivity index (χ2n) is 2.73. The topological polar surface area (TPSA) is 20.2 Å². The fourth-order valence-electron chi connectivity index (χ4n) is 0.466. The molecule has 0 atom stereocenters. The molecule has 1 heteroatoms. The van der Waals surface area contributed by atoms with E-state index in [1.54, 1.807) is 19.9 Å². The monoisotopic (exact) mass is 139 g/mol. The molecule has 0 heterocycles. The van der Waals surface area contributed by atoms with Gasteiger partial charge in [0.25, 0.3) is 0 Å². The molecule has 0 aliphatic rings. The minimum Gasteiger partial charge on any atom is -0.386 e. The van der Waals surface area contributed by atoms with E-state index < -0.39 is 5.60 Å². The van der Waals surface area contributed by atoms with Crippen molar-refractivity contribution >= 4 is 0 Å². The molecule has 0 aromatic heterocycles. The Balaban J connectivity index is 3.66. The molecule has 1 nitrogen and oxygen atoms in total. The Morgan fingerprint density at radius 2 is 1.70 bits per heavy atom. The summed E-state index contributed by atoms with van der Waals surface area (Å²) in [5, 5.41) is 9.19. The quantitative estimate of drug-likeness (QED) is 0.594. The van der Waals surface area contributed by atoms with Crippen molar-refractivity contribution in [1.82, 2.24) is 0 Å². The molecule has 0 bridgehead atoms. The average molecular weight is 139 g/mol. The van der Waals surface area contributed by atoms with Gasteiger partial charge in [0.1, 0.15) is 0 Å². The molecule has 0 amide bonds. The van der Waals surface area contributed by atoms with Crippen LogP contribution in [0.3, 0.4) is 0 Å². The largest absolute Gasteiger partial charge is 0.386 e. The first-order chi connectivity index (χ1) is 4.56. The number of hydrogen-bond donors (Lipinski definition) is 1. The molecule has 0 aliphatic heterocycles. The highest BCUT2D eigenvalue weighted by molar-refractivity contribution is 5.10. The lowest BCUT2D eigenvalue weighted by Gasteiger charge is -2.08. The highest BCUT2D eigenvalue weighted by atomic mass is 16.3. The van der Waals surface area contributed by atoms with Crippen LogP contribution in [0.4, 0.5) is 0 Å². The first-order valence-corrected chi connectivity index (χ1v) is 3.42. The van der Waals surface area contributed by atoms with E-state index >= 15 is 0 Å². The summed E-state index contributed by atoms with van der Waals surface area (Å²) < 4.78 is 0. The van der Waals surface area contributed by atoms with Gasteiger partial charge in [-0.05, 0) is 20.3 Å². The Morgan fingerprint density at radius 3 is 2.10 bits per heavy atom. The van der Waals surface area contributed by atoms with Gasteiger partial charge in [0.2, 0.25) is 0 Å². The maximum atomic E-state index is 9.19. The highest BCUT2D eigenvalue weighted by Crippen LogP contribution is 2.01. The second-order valence-corrected chi connectivity index (χ2v) is 2.73. The summed E-state index contributed by atoms with van der Waals surface area (Å²) in [6.07, 6.45) is 9.32. The molecular weight excluding hydrogens is 124 g/mol. The van der Waals surface area contributed by atoms with Crippen LogP contribution in [0.5, 0.6) is 0 Å². The lowest BCUT2D eigenvalue weighted by molar-refractivity contribution is 0.133. The number of hydrogen-bond acceptors (Lipinski definition) is 1. The maximum Gasteiger partial charge on any atom is 0.0774 e. The van der Waals surface area contributed by atoms with Gasteiger partial charge in [0.15, 0.2) is 0 Å².